The largest absolute Gasteiger partial charge is 0.478 e. The van der Waals surface area contributed by atoms with Gasteiger partial charge in [0.15, 0.2) is 0 Å². The van der Waals surface area contributed by atoms with E-state index in [1.54, 1.807) is 0 Å². The first-order valence-corrected chi connectivity index (χ1v) is 7.89. The molecule has 1 saturated heterocycles. The Morgan fingerprint density at radius 1 is 1.12 bits per heavy atom. The highest BCUT2D eigenvalue weighted by atomic mass is 16.7. The Morgan fingerprint density at radius 3 is 2.38 bits per heavy atom. The van der Waals surface area contributed by atoms with Crippen molar-refractivity contribution in [1.29, 1.82) is 0 Å². The van der Waals surface area contributed by atoms with Crippen LogP contribution in [0.25, 0.3) is 0 Å². The first kappa shape index (κ1) is 17.1. The van der Waals surface area contributed by atoms with Crippen molar-refractivity contribution in [2.75, 3.05) is 6.54 Å². The summed E-state index contributed by atoms with van der Waals surface area (Å²) >= 11 is 0. The van der Waals surface area contributed by atoms with Crippen molar-refractivity contribution in [3.63, 3.8) is 0 Å². The number of rotatable bonds is 6. The first-order valence-electron chi connectivity index (χ1n) is 7.89. The maximum atomic E-state index is 10.8. The minimum absolute atomic E-state index is 0.106. The molecule has 2 aliphatic rings. The second-order valence-corrected chi connectivity index (χ2v) is 6.14. The number of aliphatic hydroxyl groups excluding tert-OH is 3. The fourth-order valence-corrected chi connectivity index (χ4v) is 2.56. The van der Waals surface area contributed by atoms with E-state index in [1.165, 1.54) is 24.3 Å². The molecule has 1 aliphatic heterocycles. The van der Waals surface area contributed by atoms with Gasteiger partial charge in [-0.1, -0.05) is 0 Å². The lowest BCUT2D eigenvalue weighted by molar-refractivity contribution is -0.270. The van der Waals surface area contributed by atoms with Gasteiger partial charge >= 0.3 is 5.97 Å². The number of carboxylic acid groups (broad SMARTS) is 1. The average Bonchev–Trinajstić information content (AvgIpc) is 3.39. The molecule has 0 bridgehead atoms. The molecule has 1 aromatic rings. The van der Waals surface area contributed by atoms with Crippen LogP contribution in [-0.4, -0.2) is 69.7 Å². The third kappa shape index (κ3) is 3.85. The molecule has 0 radical (unpaired) electrons. The van der Waals surface area contributed by atoms with E-state index in [0.29, 0.717) is 18.3 Å². The van der Waals surface area contributed by atoms with E-state index < -0.39 is 36.7 Å². The smallest absolute Gasteiger partial charge is 0.335 e. The molecule has 24 heavy (non-hydrogen) atoms. The molecular weight excluding hydrogens is 318 g/mol. The lowest BCUT2D eigenvalue weighted by Crippen LogP contribution is -2.61. The first-order chi connectivity index (χ1) is 11.5. The number of hydrogen-bond donors (Lipinski definition) is 5. The van der Waals surface area contributed by atoms with E-state index in [9.17, 15) is 20.1 Å². The van der Waals surface area contributed by atoms with Gasteiger partial charge in [0.05, 0.1) is 5.56 Å². The summed E-state index contributed by atoms with van der Waals surface area (Å²) in [7, 11) is 0. The van der Waals surface area contributed by atoms with Gasteiger partial charge in [-0.15, -0.1) is 0 Å². The van der Waals surface area contributed by atoms with Gasteiger partial charge in [-0.25, -0.2) is 4.79 Å². The van der Waals surface area contributed by atoms with Crippen LogP contribution in [0.1, 0.15) is 23.2 Å². The molecule has 0 spiro atoms. The summed E-state index contributed by atoms with van der Waals surface area (Å²) in [5, 5.41) is 42.1. The van der Waals surface area contributed by atoms with Crippen LogP contribution in [0.15, 0.2) is 24.3 Å². The van der Waals surface area contributed by atoms with Crippen molar-refractivity contribution >= 4 is 5.97 Å². The summed E-state index contributed by atoms with van der Waals surface area (Å²) in [6.07, 6.45) is -3.77. The molecule has 0 aromatic heterocycles. The molecule has 1 aliphatic carbocycles. The fraction of sp³-hybridized carbons (Fsp3) is 0.562. The number of nitrogens with one attached hydrogen (secondary N) is 1. The maximum absolute atomic E-state index is 10.8. The van der Waals surface area contributed by atoms with E-state index in [1.807, 2.05) is 0 Å². The minimum atomic E-state index is -1.42. The van der Waals surface area contributed by atoms with Crippen LogP contribution in [0.5, 0.6) is 5.75 Å². The maximum Gasteiger partial charge on any atom is 0.335 e. The summed E-state index contributed by atoms with van der Waals surface area (Å²) in [4.78, 5) is 10.8. The van der Waals surface area contributed by atoms with Crippen molar-refractivity contribution in [3.8, 4) is 5.75 Å². The summed E-state index contributed by atoms with van der Waals surface area (Å²) in [5.74, 6) is -0.762. The monoisotopic (exact) mass is 339 g/mol. The minimum Gasteiger partial charge on any atom is -0.478 e. The van der Waals surface area contributed by atoms with Gasteiger partial charge in [-0.05, 0) is 37.1 Å². The highest BCUT2D eigenvalue weighted by Crippen LogP contribution is 2.25. The van der Waals surface area contributed by atoms with Gasteiger partial charge in [0.25, 0.3) is 0 Å². The zero-order valence-corrected chi connectivity index (χ0v) is 12.9. The Morgan fingerprint density at radius 2 is 1.79 bits per heavy atom. The average molecular weight is 339 g/mol. The SMILES string of the molecule is O=C(O)c1ccc(O[C@H]2OC(CNC3CC3)[C@@H](O)C(O)C2O)cc1. The molecule has 5 N–H and O–H groups in total. The Hall–Kier alpha value is -1.71. The van der Waals surface area contributed by atoms with Crippen LogP contribution in [0.2, 0.25) is 0 Å². The standard InChI is InChI=1S/C16H21NO7/c18-12-11(7-17-9-3-4-9)24-16(14(20)13(12)19)23-10-5-1-8(2-6-10)15(21)22/h1-2,5-6,9,11-14,16-20H,3-4,7H2,(H,21,22)/t11?,12-,13?,14?,16+/m1/s1. The number of benzene rings is 1. The van der Waals surface area contributed by atoms with Crippen LogP contribution in [-0.2, 0) is 4.74 Å². The Kier molecular flexibility index (Phi) is 5.02. The van der Waals surface area contributed by atoms with Crippen LogP contribution in [0.4, 0.5) is 0 Å². The predicted molar refractivity (Wildman–Crippen MR) is 81.7 cm³/mol. The second-order valence-electron chi connectivity index (χ2n) is 6.14. The number of ether oxygens (including phenoxy) is 2. The normalized spacial score (nSPS) is 33.2. The molecule has 3 unspecified atom stereocenters. The number of aromatic carboxylic acids is 1. The van der Waals surface area contributed by atoms with Crippen LogP contribution in [0.3, 0.4) is 0 Å². The topological polar surface area (TPSA) is 128 Å². The van der Waals surface area contributed by atoms with Crippen molar-refractivity contribution in [2.24, 2.45) is 0 Å². The lowest BCUT2D eigenvalue weighted by atomic mass is 9.99. The van der Waals surface area contributed by atoms with Gasteiger partial charge in [0, 0.05) is 12.6 Å². The predicted octanol–water partition coefficient (Wildman–Crippen LogP) is -0.677. The van der Waals surface area contributed by atoms with E-state index in [0.717, 1.165) is 12.8 Å². The van der Waals surface area contributed by atoms with Gasteiger partial charge in [0.1, 0.15) is 30.2 Å². The van der Waals surface area contributed by atoms with Gasteiger partial charge in [0.2, 0.25) is 6.29 Å². The molecule has 1 heterocycles. The van der Waals surface area contributed by atoms with Crippen LogP contribution in [0, 0.1) is 0 Å². The van der Waals surface area contributed by atoms with Gasteiger partial charge < -0.3 is 35.2 Å². The summed E-state index contributed by atoms with van der Waals surface area (Å²) < 4.78 is 11.1. The van der Waals surface area contributed by atoms with E-state index in [4.69, 9.17) is 14.6 Å². The third-order valence-corrected chi connectivity index (χ3v) is 4.21. The molecule has 5 atom stereocenters. The van der Waals surface area contributed by atoms with Crippen molar-refractivity contribution < 1.29 is 34.7 Å². The third-order valence-electron chi connectivity index (χ3n) is 4.21. The molecule has 2 fully saturated rings. The number of carboxylic acids is 1. The Balaban J connectivity index is 1.64. The van der Waals surface area contributed by atoms with Gasteiger partial charge in [-0.3, -0.25) is 0 Å². The fourth-order valence-electron chi connectivity index (χ4n) is 2.56. The lowest BCUT2D eigenvalue weighted by Gasteiger charge is -2.40. The number of aliphatic hydroxyl groups is 3. The molecule has 132 valence electrons. The summed E-state index contributed by atoms with van der Waals surface area (Å²) in [6.45, 7) is 0.341. The Bertz CT molecular complexity index is 574. The molecule has 1 saturated carbocycles. The zero-order chi connectivity index (χ0) is 17.3. The highest BCUT2D eigenvalue weighted by Gasteiger charge is 2.45. The zero-order valence-electron chi connectivity index (χ0n) is 12.9. The van der Waals surface area contributed by atoms with Crippen molar-refractivity contribution in [2.45, 2.75) is 49.6 Å². The van der Waals surface area contributed by atoms with Gasteiger partial charge in [-0.2, -0.15) is 0 Å². The second kappa shape index (κ2) is 7.04. The molecule has 3 rings (SSSR count). The van der Waals surface area contributed by atoms with E-state index in [2.05, 4.69) is 5.32 Å². The molecule has 1 aromatic carbocycles. The highest BCUT2D eigenvalue weighted by molar-refractivity contribution is 5.87. The quantitative estimate of drug-likeness (QED) is 0.461. The molecule has 0 amide bonds. The molecule has 8 heteroatoms. The van der Waals surface area contributed by atoms with Crippen molar-refractivity contribution in [1.82, 2.24) is 5.32 Å². The summed E-state index contributed by atoms with van der Waals surface area (Å²) in [6, 6.07) is 6.02. The molecular formula is C16H21NO7. The summed E-state index contributed by atoms with van der Waals surface area (Å²) in [5.41, 5.74) is 0.106. The number of hydrogen-bond acceptors (Lipinski definition) is 7. The van der Waals surface area contributed by atoms with Crippen LogP contribution >= 0.6 is 0 Å². The van der Waals surface area contributed by atoms with Crippen LogP contribution < -0.4 is 10.1 Å². The van der Waals surface area contributed by atoms with E-state index in [-0.39, 0.29) is 5.56 Å². The number of carbonyl (C=O) groups is 1. The van der Waals surface area contributed by atoms with Crippen molar-refractivity contribution in [3.05, 3.63) is 29.8 Å². The molecule has 8 nitrogen and oxygen atoms in total. The van der Waals surface area contributed by atoms with E-state index >= 15 is 0 Å². The Labute approximate surface area is 138 Å².